The summed E-state index contributed by atoms with van der Waals surface area (Å²) in [7, 11) is -2.06. The van der Waals surface area contributed by atoms with Crippen LogP contribution in [-0.4, -0.2) is 39.4 Å². The Hall–Kier alpha value is -2.09. The molecule has 2 aromatic rings. The van der Waals surface area contributed by atoms with Crippen molar-refractivity contribution >= 4 is 27.5 Å². The predicted octanol–water partition coefficient (Wildman–Crippen LogP) is 2.68. The van der Waals surface area contributed by atoms with Gasteiger partial charge in [-0.3, -0.25) is 4.79 Å². The Morgan fingerprint density at radius 2 is 1.73 bits per heavy atom. The highest BCUT2D eigenvalue weighted by Crippen LogP contribution is 2.15. The molecule has 1 N–H and O–H groups in total. The van der Waals surface area contributed by atoms with Gasteiger partial charge in [0, 0.05) is 31.6 Å². The van der Waals surface area contributed by atoms with Gasteiger partial charge < -0.3 is 9.64 Å². The lowest BCUT2D eigenvalue weighted by Gasteiger charge is -2.21. The molecule has 0 fully saturated rings. The van der Waals surface area contributed by atoms with Crippen LogP contribution in [0.3, 0.4) is 0 Å². The topological polar surface area (TPSA) is 75.7 Å². The van der Waals surface area contributed by atoms with Gasteiger partial charge in [-0.1, -0.05) is 23.7 Å². The maximum atomic E-state index is 12.3. The second kappa shape index (κ2) is 9.02. The van der Waals surface area contributed by atoms with Crippen LogP contribution in [0.4, 0.5) is 0 Å². The molecule has 0 aromatic heterocycles. The van der Waals surface area contributed by atoms with Crippen LogP contribution >= 0.6 is 11.6 Å². The summed E-state index contributed by atoms with van der Waals surface area (Å²) in [4.78, 5) is 13.6. The van der Waals surface area contributed by atoms with Gasteiger partial charge in [-0.05, 0) is 42.0 Å². The molecule has 26 heavy (non-hydrogen) atoms. The molecule has 6 nitrogen and oxygen atoms in total. The molecule has 0 unspecified atom stereocenters. The molecule has 8 heteroatoms. The SMILES string of the molecule is COc1ccc(CN(CCNS(=O)(=O)c2ccc(Cl)cc2)C(C)=O)cc1. The minimum Gasteiger partial charge on any atom is -0.497 e. The molecule has 0 aliphatic heterocycles. The highest BCUT2D eigenvalue weighted by molar-refractivity contribution is 7.89. The molecule has 0 aliphatic rings. The van der Waals surface area contributed by atoms with Crippen molar-refractivity contribution in [3.63, 3.8) is 0 Å². The van der Waals surface area contributed by atoms with Crippen LogP contribution in [0.2, 0.25) is 5.02 Å². The molecule has 0 saturated heterocycles. The van der Waals surface area contributed by atoms with Gasteiger partial charge in [0.15, 0.2) is 0 Å². The van der Waals surface area contributed by atoms with Gasteiger partial charge in [-0.2, -0.15) is 0 Å². The zero-order valence-electron chi connectivity index (χ0n) is 14.6. The van der Waals surface area contributed by atoms with Gasteiger partial charge in [-0.15, -0.1) is 0 Å². The summed E-state index contributed by atoms with van der Waals surface area (Å²) in [5.41, 5.74) is 0.932. The molecule has 2 rings (SSSR count). The van der Waals surface area contributed by atoms with Crippen molar-refractivity contribution in [2.75, 3.05) is 20.2 Å². The molecule has 0 aliphatic carbocycles. The van der Waals surface area contributed by atoms with Crippen molar-refractivity contribution in [3.8, 4) is 5.75 Å². The van der Waals surface area contributed by atoms with Crippen LogP contribution in [-0.2, 0) is 21.4 Å². The molecule has 0 radical (unpaired) electrons. The van der Waals surface area contributed by atoms with Gasteiger partial charge in [0.05, 0.1) is 12.0 Å². The van der Waals surface area contributed by atoms with Gasteiger partial charge in [-0.25, -0.2) is 13.1 Å². The molecular formula is C18H21ClN2O4S. The average molecular weight is 397 g/mol. The van der Waals surface area contributed by atoms with Crippen LogP contribution < -0.4 is 9.46 Å². The van der Waals surface area contributed by atoms with E-state index in [0.717, 1.165) is 11.3 Å². The van der Waals surface area contributed by atoms with Crippen LogP contribution in [0, 0.1) is 0 Å². The second-order valence-electron chi connectivity index (χ2n) is 5.64. The normalized spacial score (nSPS) is 11.2. The van der Waals surface area contributed by atoms with Crippen molar-refractivity contribution in [1.29, 1.82) is 0 Å². The van der Waals surface area contributed by atoms with E-state index in [0.29, 0.717) is 11.6 Å². The first-order valence-corrected chi connectivity index (χ1v) is 9.81. The Labute approximate surface area is 158 Å². The monoisotopic (exact) mass is 396 g/mol. The number of carbonyl (C=O) groups excluding carboxylic acids is 1. The van der Waals surface area contributed by atoms with Crippen molar-refractivity contribution in [1.82, 2.24) is 9.62 Å². The first kappa shape index (κ1) is 20.2. The summed E-state index contributed by atoms with van der Waals surface area (Å²) in [6, 6.07) is 13.3. The van der Waals surface area contributed by atoms with Gasteiger partial charge in [0.1, 0.15) is 5.75 Å². The molecule has 1 amide bonds. The fourth-order valence-corrected chi connectivity index (χ4v) is 3.46. The quantitative estimate of drug-likeness (QED) is 0.744. The van der Waals surface area contributed by atoms with Gasteiger partial charge in [0.2, 0.25) is 15.9 Å². The number of ether oxygens (including phenoxy) is 1. The van der Waals surface area contributed by atoms with E-state index < -0.39 is 10.0 Å². The largest absolute Gasteiger partial charge is 0.497 e. The van der Waals surface area contributed by atoms with Gasteiger partial charge in [0.25, 0.3) is 0 Å². The van der Waals surface area contributed by atoms with E-state index in [-0.39, 0.29) is 23.9 Å². The predicted molar refractivity (Wildman–Crippen MR) is 101 cm³/mol. The minimum atomic E-state index is -3.64. The highest BCUT2D eigenvalue weighted by atomic mass is 35.5. The second-order valence-corrected chi connectivity index (χ2v) is 7.84. The van der Waals surface area contributed by atoms with E-state index in [1.54, 1.807) is 12.0 Å². The third kappa shape index (κ3) is 5.72. The third-order valence-corrected chi connectivity index (χ3v) is 5.50. The zero-order chi connectivity index (χ0) is 19.2. The Balaban J connectivity index is 1.95. The first-order valence-electron chi connectivity index (χ1n) is 7.95. The summed E-state index contributed by atoms with van der Waals surface area (Å²) in [5.74, 6) is 0.602. The van der Waals surface area contributed by atoms with Crippen LogP contribution in [0.25, 0.3) is 0 Å². The molecular weight excluding hydrogens is 376 g/mol. The number of carbonyl (C=O) groups is 1. The molecule has 0 heterocycles. The summed E-state index contributed by atoms with van der Waals surface area (Å²) < 4.78 is 32.1. The summed E-state index contributed by atoms with van der Waals surface area (Å²) in [6.07, 6.45) is 0. The molecule has 0 atom stereocenters. The molecule has 140 valence electrons. The number of hydrogen-bond acceptors (Lipinski definition) is 4. The van der Waals surface area contributed by atoms with E-state index >= 15 is 0 Å². The fourth-order valence-electron chi connectivity index (χ4n) is 2.31. The van der Waals surface area contributed by atoms with Crippen LogP contribution in [0.1, 0.15) is 12.5 Å². The Bertz CT molecular complexity index is 836. The lowest BCUT2D eigenvalue weighted by Crippen LogP contribution is -2.37. The average Bonchev–Trinajstić information content (AvgIpc) is 2.61. The van der Waals surface area contributed by atoms with Crippen molar-refractivity contribution in [2.24, 2.45) is 0 Å². The lowest BCUT2D eigenvalue weighted by atomic mass is 10.2. The van der Waals surface area contributed by atoms with E-state index in [9.17, 15) is 13.2 Å². The fraction of sp³-hybridized carbons (Fsp3) is 0.278. The zero-order valence-corrected chi connectivity index (χ0v) is 16.2. The number of sulfonamides is 1. The maximum absolute atomic E-state index is 12.3. The number of benzene rings is 2. The van der Waals surface area contributed by atoms with Crippen molar-refractivity contribution < 1.29 is 17.9 Å². The van der Waals surface area contributed by atoms with Crippen molar-refractivity contribution in [2.45, 2.75) is 18.4 Å². The lowest BCUT2D eigenvalue weighted by molar-refractivity contribution is -0.129. The maximum Gasteiger partial charge on any atom is 0.240 e. The summed E-state index contributed by atoms with van der Waals surface area (Å²) in [5, 5.41) is 0.464. The van der Waals surface area contributed by atoms with E-state index in [2.05, 4.69) is 4.72 Å². The molecule has 2 aromatic carbocycles. The number of nitrogens with one attached hydrogen (secondary N) is 1. The minimum absolute atomic E-state index is 0.112. The Morgan fingerprint density at radius 3 is 2.27 bits per heavy atom. The highest BCUT2D eigenvalue weighted by Gasteiger charge is 2.15. The standard InChI is InChI=1S/C18H21ClN2O4S/c1-14(22)21(13-15-3-7-17(25-2)8-4-15)12-11-20-26(23,24)18-9-5-16(19)6-10-18/h3-10,20H,11-13H2,1-2H3. The summed E-state index contributed by atoms with van der Waals surface area (Å²) >= 11 is 5.77. The third-order valence-electron chi connectivity index (χ3n) is 3.78. The number of amides is 1. The molecule has 0 bridgehead atoms. The van der Waals surface area contributed by atoms with Gasteiger partial charge >= 0.3 is 0 Å². The number of methoxy groups -OCH3 is 1. The smallest absolute Gasteiger partial charge is 0.240 e. The van der Waals surface area contributed by atoms with E-state index in [4.69, 9.17) is 16.3 Å². The Morgan fingerprint density at radius 1 is 1.12 bits per heavy atom. The molecule has 0 saturated carbocycles. The van der Waals surface area contributed by atoms with E-state index in [1.165, 1.54) is 31.2 Å². The van der Waals surface area contributed by atoms with Crippen LogP contribution in [0.15, 0.2) is 53.4 Å². The number of rotatable bonds is 8. The van der Waals surface area contributed by atoms with E-state index in [1.807, 2.05) is 24.3 Å². The number of halogens is 1. The molecule has 0 spiro atoms. The number of nitrogens with zero attached hydrogens (tertiary/aromatic N) is 1. The van der Waals surface area contributed by atoms with Crippen molar-refractivity contribution in [3.05, 3.63) is 59.1 Å². The first-order chi connectivity index (χ1) is 12.3. The Kier molecular flexibility index (Phi) is 7.02. The number of hydrogen-bond donors (Lipinski definition) is 1. The van der Waals surface area contributed by atoms with Crippen LogP contribution in [0.5, 0.6) is 5.75 Å². The summed E-state index contributed by atoms with van der Waals surface area (Å²) in [6.45, 7) is 2.22.